The van der Waals surface area contributed by atoms with E-state index in [9.17, 15) is 19.2 Å². The van der Waals surface area contributed by atoms with Crippen molar-refractivity contribution in [2.45, 2.75) is 116 Å². The number of benzene rings is 1. The molecule has 3 aliphatic rings. The van der Waals surface area contributed by atoms with Crippen LogP contribution >= 0.6 is 0 Å². The lowest BCUT2D eigenvalue weighted by Crippen LogP contribution is -2.61. The van der Waals surface area contributed by atoms with Crippen LogP contribution in [0.25, 0.3) is 0 Å². The molecule has 0 saturated carbocycles. The normalized spacial score (nSPS) is 21.9. The summed E-state index contributed by atoms with van der Waals surface area (Å²) < 4.78 is 11.2. The van der Waals surface area contributed by atoms with Gasteiger partial charge in [-0.2, -0.15) is 0 Å². The van der Waals surface area contributed by atoms with Gasteiger partial charge in [0.1, 0.15) is 23.2 Å². The number of nitrogens with one attached hydrogen (secondary N) is 4. The fraction of sp³-hybridized carbons (Fsp3) is 0.667. The van der Waals surface area contributed by atoms with Crippen molar-refractivity contribution >= 4 is 23.8 Å². The van der Waals surface area contributed by atoms with Crippen LogP contribution in [0, 0.1) is 5.92 Å². The Kier molecular flexibility index (Phi) is 13.0. The van der Waals surface area contributed by atoms with E-state index in [1.807, 2.05) is 35.2 Å². The molecular formula is C36H56N6O6. The van der Waals surface area contributed by atoms with Crippen molar-refractivity contribution in [2.24, 2.45) is 5.92 Å². The summed E-state index contributed by atoms with van der Waals surface area (Å²) in [4.78, 5) is 57.8. The Hall–Kier alpha value is -3.48. The maximum atomic E-state index is 14.0. The van der Waals surface area contributed by atoms with Gasteiger partial charge < -0.3 is 30.3 Å². The molecular weight excluding hydrogens is 612 g/mol. The molecule has 1 aliphatic carbocycles. The molecule has 0 spiro atoms. The summed E-state index contributed by atoms with van der Waals surface area (Å²) in [6.45, 7) is 13.1. The van der Waals surface area contributed by atoms with Crippen molar-refractivity contribution in [1.82, 2.24) is 31.1 Å². The fourth-order valence-electron chi connectivity index (χ4n) is 6.40. The molecule has 2 aliphatic heterocycles. The maximum Gasteiger partial charge on any atom is 0.408 e. The molecule has 0 bridgehead atoms. The zero-order valence-corrected chi connectivity index (χ0v) is 29.6. The molecule has 48 heavy (non-hydrogen) atoms. The molecule has 4 rings (SSSR count). The maximum absolute atomic E-state index is 14.0. The van der Waals surface area contributed by atoms with Gasteiger partial charge in [0, 0.05) is 19.6 Å². The van der Waals surface area contributed by atoms with Gasteiger partial charge in [0.25, 0.3) is 0 Å². The molecule has 0 radical (unpaired) electrons. The third kappa shape index (κ3) is 10.8. The van der Waals surface area contributed by atoms with Gasteiger partial charge in [-0.05, 0) is 90.2 Å². The number of piperidine rings is 1. The van der Waals surface area contributed by atoms with Crippen LogP contribution in [-0.4, -0.2) is 95.9 Å². The van der Waals surface area contributed by atoms with E-state index < -0.39 is 41.3 Å². The van der Waals surface area contributed by atoms with Gasteiger partial charge in [-0.15, -0.1) is 0 Å². The lowest BCUT2D eigenvalue weighted by molar-refractivity contribution is -0.136. The summed E-state index contributed by atoms with van der Waals surface area (Å²) in [6.07, 6.45) is 7.39. The predicted molar refractivity (Wildman–Crippen MR) is 183 cm³/mol. The van der Waals surface area contributed by atoms with Gasteiger partial charge in [0.05, 0.1) is 26.0 Å². The van der Waals surface area contributed by atoms with Crippen LogP contribution in [0.3, 0.4) is 0 Å². The number of likely N-dealkylation sites (tertiary alicyclic amines) is 1. The smallest absolute Gasteiger partial charge is 0.408 e. The summed E-state index contributed by atoms with van der Waals surface area (Å²) in [5, 5.41) is 11.8. The number of nitrogens with zero attached hydrogens (tertiary/aromatic N) is 2. The highest BCUT2D eigenvalue weighted by molar-refractivity contribution is 5.93. The summed E-state index contributed by atoms with van der Waals surface area (Å²) in [5.74, 6) is -0.552. The standard InChI is InChI=1S/C36H56N6O6/c1-25-15-11-12-18-27(25)30(32(44)41-19-13-8-14-20-41)42-21-29(37-24-42)39-31(43)28(23-47-22-26-16-9-7-10-17-26)38-33(45)36(5,6)40-34(46)48-35(2,3)4/h7,9-10,16-18,25,28-30,37H,8,11-15,19-24H2,1-6H3,(H,38,45)(H,39,43)(H,40,46). The van der Waals surface area contributed by atoms with Gasteiger partial charge in [-0.3, -0.25) is 24.6 Å². The number of amides is 4. The average molecular weight is 669 g/mol. The van der Waals surface area contributed by atoms with Crippen LogP contribution in [0.2, 0.25) is 0 Å². The Balaban J connectivity index is 1.44. The van der Waals surface area contributed by atoms with Crippen LogP contribution in [0.15, 0.2) is 42.0 Å². The molecule has 12 heteroatoms. The number of carbonyl (C=O) groups excluding carboxylic acids is 4. The zero-order chi connectivity index (χ0) is 34.9. The van der Waals surface area contributed by atoms with Crippen LogP contribution in [0.1, 0.15) is 85.6 Å². The molecule has 2 saturated heterocycles. The van der Waals surface area contributed by atoms with Crippen LogP contribution in [-0.2, 0) is 30.5 Å². The van der Waals surface area contributed by atoms with E-state index in [1.54, 1.807) is 34.6 Å². The number of rotatable bonds is 12. The second kappa shape index (κ2) is 16.8. The third-order valence-electron chi connectivity index (χ3n) is 9.05. The molecule has 4 atom stereocenters. The monoisotopic (exact) mass is 668 g/mol. The van der Waals surface area contributed by atoms with Crippen molar-refractivity contribution in [3.8, 4) is 0 Å². The molecule has 1 aromatic rings. The van der Waals surface area contributed by atoms with E-state index in [0.29, 0.717) is 19.1 Å². The number of ether oxygens (including phenoxy) is 2. The minimum absolute atomic E-state index is 0.0914. The van der Waals surface area contributed by atoms with Gasteiger partial charge in [0.15, 0.2) is 0 Å². The first-order chi connectivity index (χ1) is 22.7. The lowest BCUT2D eigenvalue weighted by Gasteiger charge is -2.38. The Bertz CT molecular complexity index is 1290. The topological polar surface area (TPSA) is 141 Å². The molecule has 12 nitrogen and oxygen atoms in total. The van der Waals surface area contributed by atoms with E-state index >= 15 is 0 Å². The highest BCUT2D eigenvalue weighted by Gasteiger charge is 2.40. The number of carbonyl (C=O) groups is 4. The Morgan fingerprint density at radius 2 is 1.71 bits per heavy atom. The van der Waals surface area contributed by atoms with Gasteiger partial charge in [-0.25, -0.2) is 4.79 Å². The minimum Gasteiger partial charge on any atom is -0.444 e. The number of alkyl carbamates (subject to hydrolysis) is 1. The van der Waals surface area contributed by atoms with Crippen molar-refractivity contribution in [2.75, 3.05) is 32.9 Å². The summed E-state index contributed by atoms with van der Waals surface area (Å²) >= 11 is 0. The first-order valence-electron chi connectivity index (χ1n) is 17.4. The summed E-state index contributed by atoms with van der Waals surface area (Å²) in [7, 11) is 0. The first-order valence-corrected chi connectivity index (χ1v) is 17.4. The third-order valence-corrected chi connectivity index (χ3v) is 9.05. The molecule has 2 heterocycles. The highest BCUT2D eigenvalue weighted by atomic mass is 16.6. The predicted octanol–water partition coefficient (Wildman–Crippen LogP) is 3.42. The molecule has 2 fully saturated rings. The van der Waals surface area contributed by atoms with E-state index in [2.05, 4.69) is 39.2 Å². The zero-order valence-electron chi connectivity index (χ0n) is 29.6. The van der Waals surface area contributed by atoms with Crippen molar-refractivity contribution in [3.63, 3.8) is 0 Å². The van der Waals surface area contributed by atoms with Crippen molar-refractivity contribution < 1.29 is 28.7 Å². The number of hydrogen-bond acceptors (Lipinski definition) is 8. The Morgan fingerprint density at radius 3 is 2.38 bits per heavy atom. The number of hydrogen-bond donors (Lipinski definition) is 4. The van der Waals surface area contributed by atoms with E-state index in [1.165, 1.54) is 5.57 Å². The largest absolute Gasteiger partial charge is 0.444 e. The van der Waals surface area contributed by atoms with Crippen LogP contribution in [0.4, 0.5) is 4.79 Å². The van der Waals surface area contributed by atoms with Crippen molar-refractivity contribution in [3.05, 3.63) is 47.5 Å². The Labute approximate surface area is 285 Å². The average Bonchev–Trinajstić information content (AvgIpc) is 3.48. The molecule has 0 aromatic heterocycles. The van der Waals surface area contributed by atoms with Crippen molar-refractivity contribution in [1.29, 1.82) is 0 Å². The second-order valence-corrected chi connectivity index (χ2v) is 14.8. The molecule has 1 aromatic carbocycles. The van der Waals surface area contributed by atoms with Gasteiger partial charge in [0.2, 0.25) is 17.7 Å². The van der Waals surface area contributed by atoms with E-state index in [0.717, 1.165) is 57.2 Å². The SMILES string of the molecule is CC1CCCC=C1C(C(=O)N1CCCCC1)N1CNC(NC(=O)C(COCc2ccccc2)NC(=O)C(C)(C)NC(=O)OC(C)(C)C)C1. The Morgan fingerprint density at radius 1 is 1.00 bits per heavy atom. The lowest BCUT2D eigenvalue weighted by atomic mass is 9.83. The molecule has 266 valence electrons. The molecule has 4 amide bonds. The second-order valence-electron chi connectivity index (χ2n) is 14.8. The highest BCUT2D eigenvalue weighted by Crippen LogP contribution is 2.31. The quantitative estimate of drug-likeness (QED) is 0.249. The van der Waals surface area contributed by atoms with E-state index in [4.69, 9.17) is 9.47 Å². The van der Waals surface area contributed by atoms with Gasteiger partial charge >= 0.3 is 6.09 Å². The fourth-order valence-corrected chi connectivity index (χ4v) is 6.40. The summed E-state index contributed by atoms with van der Waals surface area (Å²) in [5.41, 5.74) is -0.0200. The minimum atomic E-state index is -1.38. The number of allylic oxidation sites excluding steroid dienone is 1. The molecule has 4 unspecified atom stereocenters. The summed E-state index contributed by atoms with van der Waals surface area (Å²) in [6, 6.07) is 8.13. The van der Waals surface area contributed by atoms with Crippen LogP contribution in [0.5, 0.6) is 0 Å². The molecule has 4 N–H and O–H groups in total. The van der Waals surface area contributed by atoms with Crippen LogP contribution < -0.4 is 21.3 Å². The first kappa shape index (κ1) is 37.3. The van der Waals surface area contributed by atoms with Gasteiger partial charge in [-0.1, -0.05) is 43.3 Å². The van der Waals surface area contributed by atoms with E-state index in [-0.39, 0.29) is 25.2 Å².